The number of rotatable bonds is 7. The molecule has 33 heavy (non-hydrogen) atoms. The zero-order chi connectivity index (χ0) is 24.6. The van der Waals surface area contributed by atoms with E-state index in [1.54, 1.807) is 71.1 Å². The molecular weight excluding hydrogens is 422 g/mol. The maximum atomic E-state index is 13.4. The van der Waals surface area contributed by atoms with Crippen molar-refractivity contribution in [3.63, 3.8) is 0 Å². The predicted molar refractivity (Wildman–Crippen MR) is 128 cm³/mol. The Hall–Kier alpha value is -3.55. The molecule has 0 spiro atoms. The molecule has 0 saturated carbocycles. The maximum Gasteiger partial charge on any atom is 0.437 e. The summed E-state index contributed by atoms with van der Waals surface area (Å²) < 4.78 is 10.5. The number of ether oxygens (including phenoxy) is 2. The van der Waals surface area contributed by atoms with E-state index in [4.69, 9.17) is 9.47 Å². The smallest absolute Gasteiger partial charge is 0.437 e. The number of carbonyl (C=O) groups is 2. The van der Waals surface area contributed by atoms with Crippen molar-refractivity contribution in [1.82, 2.24) is 10.2 Å². The highest BCUT2D eigenvalue weighted by Crippen LogP contribution is 2.17. The van der Waals surface area contributed by atoms with Crippen molar-refractivity contribution in [2.75, 3.05) is 21.2 Å². The maximum absolute atomic E-state index is 13.4. The Labute approximate surface area is 195 Å². The minimum Gasteiger partial charge on any atom is -0.508 e. The summed E-state index contributed by atoms with van der Waals surface area (Å²) in [5.74, 6) is 1.03. The summed E-state index contributed by atoms with van der Waals surface area (Å²) >= 11 is 0. The number of methoxy groups -OCH3 is 1. The molecule has 8 nitrogen and oxygen atoms in total. The predicted octanol–water partition coefficient (Wildman–Crippen LogP) is 3.57. The third-order valence-electron chi connectivity index (χ3n) is 4.89. The van der Waals surface area contributed by atoms with Crippen LogP contribution >= 0.6 is 0 Å². The van der Waals surface area contributed by atoms with Crippen LogP contribution in [0.4, 0.5) is 4.79 Å². The highest BCUT2D eigenvalue weighted by atomic mass is 16.6. The van der Waals surface area contributed by atoms with Crippen LogP contribution in [0.25, 0.3) is 0 Å². The Bertz CT molecular complexity index is 963. The summed E-state index contributed by atoms with van der Waals surface area (Å²) in [5, 5.41) is 12.5. The van der Waals surface area contributed by atoms with Crippen molar-refractivity contribution in [2.24, 2.45) is 4.99 Å². The number of carbonyl (C=O) groups excluding carboxylic acids is 2. The quantitative estimate of drug-likeness (QED) is 0.486. The molecule has 0 radical (unpaired) electrons. The van der Waals surface area contributed by atoms with E-state index in [0.29, 0.717) is 12.2 Å². The first-order valence-electron chi connectivity index (χ1n) is 10.7. The number of phenols is 1. The molecule has 2 aromatic rings. The Balaban J connectivity index is 2.31. The lowest BCUT2D eigenvalue weighted by atomic mass is 9.96. The first kappa shape index (κ1) is 25.7. The van der Waals surface area contributed by atoms with Gasteiger partial charge >= 0.3 is 6.09 Å². The van der Waals surface area contributed by atoms with Gasteiger partial charge in [-0.05, 0) is 62.6 Å². The monoisotopic (exact) mass is 455 g/mol. The van der Waals surface area contributed by atoms with Gasteiger partial charge in [-0.1, -0.05) is 24.3 Å². The van der Waals surface area contributed by atoms with E-state index in [1.165, 1.54) is 0 Å². The van der Waals surface area contributed by atoms with Crippen LogP contribution in [-0.2, 0) is 22.4 Å². The van der Waals surface area contributed by atoms with Gasteiger partial charge in [0.2, 0.25) is 5.96 Å². The van der Waals surface area contributed by atoms with Crippen molar-refractivity contribution < 1.29 is 24.2 Å². The second-order valence-corrected chi connectivity index (χ2v) is 8.65. The molecule has 8 heteroatoms. The Morgan fingerprint density at radius 1 is 1.06 bits per heavy atom. The molecule has 0 heterocycles. The Morgan fingerprint density at radius 3 is 2.15 bits per heavy atom. The van der Waals surface area contributed by atoms with E-state index in [2.05, 4.69) is 10.3 Å². The normalized spacial score (nSPS) is 12.6. The van der Waals surface area contributed by atoms with E-state index in [9.17, 15) is 14.7 Å². The number of hydrogen-bond acceptors (Lipinski definition) is 5. The number of aliphatic imine (C=N–C) groups is 1. The molecule has 2 aromatic carbocycles. The topological polar surface area (TPSA) is 100 Å². The fourth-order valence-electron chi connectivity index (χ4n) is 3.21. The van der Waals surface area contributed by atoms with Gasteiger partial charge in [-0.2, -0.15) is 0 Å². The minimum absolute atomic E-state index is 0.0529. The molecular formula is C25H33N3O5. The van der Waals surface area contributed by atoms with E-state index in [1.807, 2.05) is 24.3 Å². The Kier molecular flexibility index (Phi) is 8.85. The number of likely N-dealkylation sites (N-methyl/N-ethyl adjacent to an activating group) is 1. The van der Waals surface area contributed by atoms with Crippen molar-refractivity contribution in [3.05, 3.63) is 59.7 Å². The highest BCUT2D eigenvalue weighted by Gasteiger charge is 2.27. The van der Waals surface area contributed by atoms with Crippen molar-refractivity contribution in [1.29, 1.82) is 0 Å². The molecule has 0 fully saturated rings. The van der Waals surface area contributed by atoms with Crippen LogP contribution in [0.2, 0.25) is 0 Å². The van der Waals surface area contributed by atoms with Gasteiger partial charge in [-0.3, -0.25) is 4.79 Å². The van der Waals surface area contributed by atoms with Crippen molar-refractivity contribution >= 4 is 17.8 Å². The highest BCUT2D eigenvalue weighted by molar-refractivity contribution is 5.95. The number of nitrogens with zero attached hydrogens (tertiary/aromatic N) is 2. The van der Waals surface area contributed by atoms with E-state index < -0.39 is 17.7 Å². The molecule has 0 aromatic heterocycles. The molecule has 0 aliphatic carbocycles. The zero-order valence-electron chi connectivity index (χ0n) is 20.1. The number of nitrogens with one attached hydrogen (secondary N) is 1. The largest absolute Gasteiger partial charge is 0.508 e. The third kappa shape index (κ3) is 8.14. The van der Waals surface area contributed by atoms with Crippen LogP contribution in [-0.4, -0.2) is 60.7 Å². The lowest BCUT2D eigenvalue weighted by Crippen LogP contribution is -2.49. The summed E-state index contributed by atoms with van der Waals surface area (Å²) in [6, 6.07) is 13.4. The number of aromatic hydroxyl groups is 1. The summed E-state index contributed by atoms with van der Waals surface area (Å²) in [7, 11) is 4.92. The summed E-state index contributed by atoms with van der Waals surface area (Å²) in [4.78, 5) is 31.3. The summed E-state index contributed by atoms with van der Waals surface area (Å²) in [6.07, 6.45) is -0.189. The lowest BCUT2D eigenvalue weighted by Gasteiger charge is -2.30. The van der Waals surface area contributed by atoms with Crippen LogP contribution in [0.3, 0.4) is 0 Å². The van der Waals surface area contributed by atoms with Gasteiger partial charge < -0.3 is 24.8 Å². The average Bonchev–Trinajstić information content (AvgIpc) is 2.75. The van der Waals surface area contributed by atoms with Gasteiger partial charge in [-0.25, -0.2) is 4.79 Å². The molecule has 2 N–H and O–H groups in total. The molecule has 0 saturated heterocycles. The third-order valence-corrected chi connectivity index (χ3v) is 4.89. The van der Waals surface area contributed by atoms with E-state index in [-0.39, 0.29) is 23.9 Å². The fraction of sp³-hybridized carbons (Fsp3) is 0.400. The number of guanidine groups is 1. The number of phenolic OH excluding ortho intramolecular Hbond substituents is 1. The van der Waals surface area contributed by atoms with Gasteiger partial charge in [0.1, 0.15) is 17.1 Å². The number of benzene rings is 2. The van der Waals surface area contributed by atoms with Crippen LogP contribution in [0.5, 0.6) is 11.5 Å². The summed E-state index contributed by atoms with van der Waals surface area (Å²) in [5.41, 5.74) is 1.02. The van der Waals surface area contributed by atoms with Crippen LogP contribution in [0.1, 0.15) is 31.9 Å². The fourth-order valence-corrected chi connectivity index (χ4v) is 3.21. The first-order chi connectivity index (χ1) is 15.5. The Morgan fingerprint density at radius 2 is 1.64 bits per heavy atom. The zero-order valence-corrected chi connectivity index (χ0v) is 20.1. The number of hydrogen-bond donors (Lipinski definition) is 2. The minimum atomic E-state index is -0.746. The molecule has 2 rings (SSSR count). The second kappa shape index (κ2) is 11.4. The molecule has 178 valence electrons. The van der Waals surface area contributed by atoms with E-state index >= 15 is 0 Å². The number of amides is 1. The van der Waals surface area contributed by atoms with Gasteiger partial charge in [0.15, 0.2) is 5.78 Å². The molecule has 0 bridgehead atoms. The molecule has 1 atom stereocenters. The second-order valence-electron chi connectivity index (χ2n) is 8.65. The van der Waals surface area contributed by atoms with Gasteiger partial charge in [0.05, 0.1) is 13.2 Å². The van der Waals surface area contributed by atoms with Crippen molar-refractivity contribution in [3.8, 4) is 11.5 Å². The van der Waals surface area contributed by atoms with Gasteiger partial charge in [0, 0.05) is 20.5 Å². The summed E-state index contributed by atoms with van der Waals surface area (Å²) in [6.45, 7) is 5.28. The van der Waals surface area contributed by atoms with E-state index in [0.717, 1.165) is 11.1 Å². The number of ketones is 1. The molecule has 1 unspecified atom stereocenters. The number of Topliss-reactive ketones (excluding diaryl/α,β-unsaturated/α-hetero) is 1. The van der Waals surface area contributed by atoms with Crippen LogP contribution in [0.15, 0.2) is 53.5 Å². The van der Waals surface area contributed by atoms with Crippen molar-refractivity contribution in [2.45, 2.75) is 45.3 Å². The van der Waals surface area contributed by atoms with Crippen LogP contribution < -0.4 is 10.1 Å². The molecule has 0 aliphatic rings. The van der Waals surface area contributed by atoms with Crippen LogP contribution in [0, 0.1) is 0 Å². The molecule has 0 aliphatic heterocycles. The molecule has 1 amide bonds. The lowest BCUT2D eigenvalue weighted by molar-refractivity contribution is -0.122. The average molecular weight is 456 g/mol. The first-order valence-corrected chi connectivity index (χ1v) is 10.7. The standard InChI is InChI=1S/C25H33N3O5/c1-25(2,3)33-24(31)27-23(26-4)28(5)21(15-17-7-11-19(29)12-8-17)22(30)16-18-9-13-20(32-6)14-10-18/h7-14,21,29H,15-16H2,1-6H3,(H,26,27,31). The van der Waals surface area contributed by atoms with Gasteiger partial charge in [0.25, 0.3) is 0 Å². The SMILES string of the molecule is CN/C(=N/C(=O)OC(C)(C)C)N(C)C(Cc1ccc(O)cc1)C(=O)Cc1ccc(OC)cc1. The van der Waals surface area contributed by atoms with Gasteiger partial charge in [-0.15, -0.1) is 4.99 Å².